The van der Waals surface area contributed by atoms with Gasteiger partial charge < -0.3 is 25.2 Å². The van der Waals surface area contributed by atoms with Gasteiger partial charge in [0.25, 0.3) is 5.91 Å². The lowest BCUT2D eigenvalue weighted by Crippen LogP contribution is -2.43. The van der Waals surface area contributed by atoms with Crippen LogP contribution >= 0.6 is 23.2 Å². The van der Waals surface area contributed by atoms with Crippen molar-refractivity contribution >= 4 is 40.8 Å². The Morgan fingerprint density at radius 3 is 2.29 bits per heavy atom. The molecule has 9 heteroatoms. The Bertz CT molecular complexity index is 958. The molecule has 0 saturated carbocycles. The zero-order valence-corrected chi connectivity index (χ0v) is 19.4. The summed E-state index contributed by atoms with van der Waals surface area (Å²) in [6, 6.07) is 7.93. The molecule has 0 spiro atoms. The van der Waals surface area contributed by atoms with E-state index < -0.39 is 5.97 Å². The van der Waals surface area contributed by atoms with Crippen LogP contribution in [-0.2, 0) is 11.3 Å². The normalized spacial score (nSPS) is 11.0. The summed E-state index contributed by atoms with van der Waals surface area (Å²) in [5.41, 5.74) is 1.04. The van der Waals surface area contributed by atoms with Gasteiger partial charge in [0.1, 0.15) is 0 Å². The van der Waals surface area contributed by atoms with Gasteiger partial charge in [-0.15, -0.1) is 0 Å². The van der Waals surface area contributed by atoms with Crippen LogP contribution in [0.25, 0.3) is 0 Å². The lowest BCUT2D eigenvalue weighted by molar-refractivity contribution is -0.124. The highest BCUT2D eigenvalue weighted by atomic mass is 35.5. The Labute approximate surface area is 191 Å². The minimum Gasteiger partial charge on any atom is -0.490 e. The average Bonchev–Trinajstić information content (AvgIpc) is 2.65. The standard InChI is InChI=1S/C22H26Cl2N2O5/c1-5-30-18-8-13(11-25-14-6-7-15(21(28)29)17(24)9-14)16(23)10-19(18)31-12-20(27)26-22(2,3)4/h6-10,25H,5,11-12H2,1-4H3,(H,26,27)(H,28,29). The number of halogens is 2. The van der Waals surface area contributed by atoms with Gasteiger partial charge in [-0.1, -0.05) is 23.2 Å². The molecule has 0 aliphatic rings. The molecule has 0 aliphatic carbocycles. The Morgan fingerprint density at radius 1 is 1.03 bits per heavy atom. The molecule has 0 aromatic heterocycles. The van der Waals surface area contributed by atoms with Gasteiger partial charge in [0.05, 0.1) is 17.2 Å². The van der Waals surface area contributed by atoms with Crippen molar-refractivity contribution in [3.8, 4) is 11.5 Å². The number of hydrogen-bond donors (Lipinski definition) is 3. The van der Waals surface area contributed by atoms with Gasteiger partial charge in [-0.25, -0.2) is 4.79 Å². The molecule has 0 unspecified atom stereocenters. The first-order chi connectivity index (χ1) is 14.5. The van der Waals surface area contributed by atoms with Crippen molar-refractivity contribution in [3.63, 3.8) is 0 Å². The van der Waals surface area contributed by atoms with E-state index in [9.17, 15) is 9.59 Å². The van der Waals surface area contributed by atoms with Gasteiger partial charge in [0, 0.05) is 28.9 Å². The summed E-state index contributed by atoms with van der Waals surface area (Å²) < 4.78 is 11.3. The topological polar surface area (TPSA) is 96.9 Å². The second-order valence-electron chi connectivity index (χ2n) is 7.76. The second-order valence-corrected chi connectivity index (χ2v) is 8.58. The molecule has 0 fully saturated rings. The fourth-order valence-corrected chi connectivity index (χ4v) is 3.17. The highest BCUT2D eigenvalue weighted by Crippen LogP contribution is 2.34. The number of ether oxygens (including phenoxy) is 2. The summed E-state index contributed by atoms with van der Waals surface area (Å²) in [6.07, 6.45) is 0. The van der Waals surface area contributed by atoms with Crippen molar-refractivity contribution in [2.75, 3.05) is 18.5 Å². The van der Waals surface area contributed by atoms with Crippen LogP contribution in [0.1, 0.15) is 43.6 Å². The van der Waals surface area contributed by atoms with Crippen molar-refractivity contribution < 1.29 is 24.2 Å². The van der Waals surface area contributed by atoms with Crippen LogP contribution in [0, 0.1) is 0 Å². The summed E-state index contributed by atoms with van der Waals surface area (Å²) in [6.45, 7) is 8.08. The van der Waals surface area contributed by atoms with E-state index in [1.54, 1.807) is 18.2 Å². The zero-order valence-electron chi connectivity index (χ0n) is 17.8. The minimum absolute atomic E-state index is 0.0286. The Kier molecular flexibility index (Phi) is 8.42. The summed E-state index contributed by atoms with van der Waals surface area (Å²) in [4.78, 5) is 23.1. The van der Waals surface area contributed by atoms with Crippen LogP contribution in [0.15, 0.2) is 30.3 Å². The minimum atomic E-state index is -1.09. The number of carboxylic acid groups (broad SMARTS) is 1. The van der Waals surface area contributed by atoms with Crippen molar-refractivity contribution in [2.24, 2.45) is 0 Å². The van der Waals surface area contributed by atoms with Crippen LogP contribution in [-0.4, -0.2) is 35.7 Å². The van der Waals surface area contributed by atoms with Crippen LogP contribution in [0.4, 0.5) is 5.69 Å². The Hall–Kier alpha value is -2.64. The molecule has 3 N–H and O–H groups in total. The molecule has 31 heavy (non-hydrogen) atoms. The molecular weight excluding hydrogens is 443 g/mol. The fourth-order valence-electron chi connectivity index (χ4n) is 2.69. The second kappa shape index (κ2) is 10.6. The number of benzene rings is 2. The van der Waals surface area contributed by atoms with E-state index in [4.69, 9.17) is 37.8 Å². The molecule has 2 aromatic carbocycles. The van der Waals surface area contributed by atoms with Crippen molar-refractivity contribution in [3.05, 3.63) is 51.5 Å². The number of rotatable bonds is 9. The van der Waals surface area contributed by atoms with Crippen LogP contribution < -0.4 is 20.1 Å². The number of carboxylic acids is 1. The quantitative estimate of drug-likeness (QED) is 0.479. The van der Waals surface area contributed by atoms with Crippen LogP contribution in [0.3, 0.4) is 0 Å². The maximum absolute atomic E-state index is 12.0. The molecule has 0 heterocycles. The Morgan fingerprint density at radius 2 is 1.71 bits per heavy atom. The maximum atomic E-state index is 12.0. The van der Waals surface area contributed by atoms with E-state index in [0.29, 0.717) is 35.4 Å². The lowest BCUT2D eigenvalue weighted by Gasteiger charge is -2.21. The van der Waals surface area contributed by atoms with Gasteiger partial charge in [-0.05, 0) is 57.5 Å². The predicted octanol–water partition coefficient (Wildman–Crippen LogP) is 5.00. The summed E-state index contributed by atoms with van der Waals surface area (Å²) in [7, 11) is 0. The molecule has 1 amide bonds. The molecule has 2 aromatic rings. The van der Waals surface area contributed by atoms with E-state index >= 15 is 0 Å². The molecule has 0 saturated heterocycles. The number of amides is 1. The molecule has 0 aliphatic heterocycles. The van der Waals surface area contributed by atoms with Crippen LogP contribution in [0.5, 0.6) is 11.5 Å². The number of aromatic carboxylic acids is 1. The Balaban J connectivity index is 2.13. The molecule has 168 valence electrons. The van der Waals surface area contributed by atoms with Gasteiger partial charge in [-0.3, -0.25) is 4.79 Å². The van der Waals surface area contributed by atoms with Crippen molar-refractivity contribution in [2.45, 2.75) is 39.8 Å². The van der Waals surface area contributed by atoms with Gasteiger partial charge in [0.15, 0.2) is 18.1 Å². The monoisotopic (exact) mass is 468 g/mol. The summed E-state index contributed by atoms with van der Waals surface area (Å²) >= 11 is 12.4. The largest absolute Gasteiger partial charge is 0.490 e. The number of carbonyl (C=O) groups is 2. The zero-order chi connectivity index (χ0) is 23.2. The average molecular weight is 469 g/mol. The molecule has 0 radical (unpaired) electrons. The number of nitrogens with one attached hydrogen (secondary N) is 2. The highest BCUT2D eigenvalue weighted by molar-refractivity contribution is 6.33. The first-order valence-electron chi connectivity index (χ1n) is 9.66. The summed E-state index contributed by atoms with van der Waals surface area (Å²) in [5.74, 6) is -0.508. The predicted molar refractivity (Wildman–Crippen MR) is 122 cm³/mol. The van der Waals surface area contributed by atoms with Gasteiger partial charge >= 0.3 is 5.97 Å². The van der Waals surface area contributed by atoms with Crippen LogP contribution in [0.2, 0.25) is 10.0 Å². The maximum Gasteiger partial charge on any atom is 0.337 e. The molecular formula is C22H26Cl2N2O5. The smallest absolute Gasteiger partial charge is 0.337 e. The number of anilines is 1. The molecule has 2 rings (SSSR count). The lowest BCUT2D eigenvalue weighted by atomic mass is 10.1. The van der Waals surface area contributed by atoms with E-state index in [0.717, 1.165) is 5.56 Å². The molecule has 0 atom stereocenters. The third-order valence-electron chi connectivity index (χ3n) is 3.97. The van der Waals surface area contributed by atoms with E-state index in [-0.39, 0.29) is 28.6 Å². The van der Waals surface area contributed by atoms with Crippen molar-refractivity contribution in [1.82, 2.24) is 5.32 Å². The first-order valence-corrected chi connectivity index (χ1v) is 10.4. The van der Waals surface area contributed by atoms with E-state index in [2.05, 4.69) is 10.6 Å². The molecule has 7 nitrogen and oxygen atoms in total. The van der Waals surface area contributed by atoms with Gasteiger partial charge in [-0.2, -0.15) is 0 Å². The third kappa shape index (κ3) is 7.52. The summed E-state index contributed by atoms with van der Waals surface area (Å²) in [5, 5.41) is 15.6. The van der Waals surface area contributed by atoms with E-state index in [1.807, 2.05) is 27.7 Å². The van der Waals surface area contributed by atoms with Gasteiger partial charge in [0.2, 0.25) is 0 Å². The number of hydrogen-bond acceptors (Lipinski definition) is 5. The fraction of sp³-hybridized carbons (Fsp3) is 0.364. The molecule has 0 bridgehead atoms. The number of carbonyl (C=O) groups excluding carboxylic acids is 1. The SMILES string of the molecule is CCOc1cc(CNc2ccc(C(=O)O)c(Cl)c2)c(Cl)cc1OCC(=O)NC(C)(C)C. The van der Waals surface area contributed by atoms with Crippen molar-refractivity contribution in [1.29, 1.82) is 0 Å². The highest BCUT2D eigenvalue weighted by Gasteiger charge is 2.17. The van der Waals surface area contributed by atoms with E-state index in [1.165, 1.54) is 12.1 Å². The first kappa shape index (κ1) is 24.6. The third-order valence-corrected chi connectivity index (χ3v) is 4.63.